The van der Waals surface area contributed by atoms with Gasteiger partial charge in [0.05, 0.1) is 0 Å². The average molecular weight is 237 g/mol. The second-order valence-corrected chi connectivity index (χ2v) is 4.19. The lowest BCUT2D eigenvalue weighted by Gasteiger charge is -2.28. The Morgan fingerprint density at radius 1 is 1.24 bits per heavy atom. The summed E-state index contributed by atoms with van der Waals surface area (Å²) in [6, 6.07) is 0. The highest BCUT2D eigenvalue weighted by molar-refractivity contribution is 5.93. The number of rotatable bonds is 2. The molecule has 0 atom stereocenters. The molecule has 1 N–H and O–H groups in total. The molecule has 0 amide bonds. The third-order valence-corrected chi connectivity index (χ3v) is 2.95. The molecule has 0 aliphatic carbocycles. The number of Topliss-reactive ketones (excluding diaryl/α,β-unsaturated/α-hetero) is 1. The molecule has 1 aromatic rings. The van der Waals surface area contributed by atoms with E-state index in [1.54, 1.807) is 5.01 Å². The Kier molecular flexibility index (Phi) is 3.12. The van der Waals surface area contributed by atoms with Gasteiger partial charge in [0.2, 0.25) is 0 Å². The quantitative estimate of drug-likeness (QED) is 0.726. The molecule has 17 heavy (non-hydrogen) atoms. The summed E-state index contributed by atoms with van der Waals surface area (Å²) in [5, 5.41) is 1.71. The Morgan fingerprint density at radius 3 is 2.47 bits per heavy atom. The molecule has 6 nitrogen and oxygen atoms in total. The standard InChI is InChI=1S/C11H15N3O3/c1-8(15)9-7-12-11(17)14(10(9)16)13-5-3-2-4-6-13/h7H,2-6H2,1H3,(H,12,17). The molecule has 0 saturated carbocycles. The molecule has 1 aliphatic heterocycles. The fourth-order valence-electron chi connectivity index (χ4n) is 2.05. The van der Waals surface area contributed by atoms with Crippen LogP contribution in [0.2, 0.25) is 0 Å². The highest BCUT2D eigenvalue weighted by Crippen LogP contribution is 2.05. The topological polar surface area (TPSA) is 75.2 Å². The summed E-state index contributed by atoms with van der Waals surface area (Å²) in [5.74, 6) is -0.336. The number of aromatic amines is 1. The van der Waals surface area contributed by atoms with Gasteiger partial charge in [-0.2, -0.15) is 4.68 Å². The first-order valence-corrected chi connectivity index (χ1v) is 5.72. The van der Waals surface area contributed by atoms with E-state index in [2.05, 4.69) is 4.98 Å². The maximum Gasteiger partial charge on any atom is 0.347 e. The van der Waals surface area contributed by atoms with Crippen molar-refractivity contribution in [2.24, 2.45) is 0 Å². The van der Waals surface area contributed by atoms with Crippen LogP contribution in [0.1, 0.15) is 36.5 Å². The van der Waals surface area contributed by atoms with E-state index in [9.17, 15) is 14.4 Å². The fourth-order valence-corrected chi connectivity index (χ4v) is 2.05. The molecule has 1 aliphatic rings. The smallest absolute Gasteiger partial charge is 0.312 e. The summed E-state index contributed by atoms with van der Waals surface area (Å²) in [6.45, 7) is 2.66. The second-order valence-electron chi connectivity index (χ2n) is 4.19. The van der Waals surface area contributed by atoms with Gasteiger partial charge in [-0.1, -0.05) is 0 Å². The summed E-state index contributed by atoms with van der Waals surface area (Å²) >= 11 is 0. The zero-order valence-corrected chi connectivity index (χ0v) is 9.73. The number of aromatic nitrogens is 2. The zero-order chi connectivity index (χ0) is 12.4. The molecule has 0 bridgehead atoms. The van der Waals surface area contributed by atoms with Gasteiger partial charge < -0.3 is 9.99 Å². The summed E-state index contributed by atoms with van der Waals surface area (Å²) in [4.78, 5) is 37.4. The number of hydrogen-bond acceptors (Lipinski definition) is 4. The highest BCUT2D eigenvalue weighted by Gasteiger charge is 2.17. The first-order valence-electron chi connectivity index (χ1n) is 5.72. The average Bonchev–Trinajstić information content (AvgIpc) is 2.30. The number of hydrogen-bond donors (Lipinski definition) is 1. The van der Waals surface area contributed by atoms with Crippen LogP contribution in [0, 0.1) is 0 Å². The van der Waals surface area contributed by atoms with E-state index in [4.69, 9.17) is 0 Å². The van der Waals surface area contributed by atoms with E-state index >= 15 is 0 Å². The van der Waals surface area contributed by atoms with Gasteiger partial charge in [-0.15, -0.1) is 0 Å². The largest absolute Gasteiger partial charge is 0.347 e. The minimum Gasteiger partial charge on any atom is -0.312 e. The Hall–Kier alpha value is -1.85. The van der Waals surface area contributed by atoms with Crippen molar-refractivity contribution in [1.82, 2.24) is 9.66 Å². The van der Waals surface area contributed by atoms with Crippen LogP contribution in [0.25, 0.3) is 0 Å². The molecule has 0 spiro atoms. The Balaban J connectivity index is 2.52. The van der Waals surface area contributed by atoms with Gasteiger partial charge in [0.15, 0.2) is 5.78 Å². The van der Waals surface area contributed by atoms with Crippen molar-refractivity contribution in [3.8, 4) is 0 Å². The molecule has 2 heterocycles. The molecule has 6 heteroatoms. The lowest BCUT2D eigenvalue weighted by molar-refractivity contribution is 0.101. The van der Waals surface area contributed by atoms with Gasteiger partial charge in [-0.05, 0) is 26.2 Å². The van der Waals surface area contributed by atoms with Crippen molar-refractivity contribution in [3.63, 3.8) is 0 Å². The van der Waals surface area contributed by atoms with Crippen molar-refractivity contribution in [2.45, 2.75) is 26.2 Å². The van der Waals surface area contributed by atoms with Crippen LogP contribution in [0.5, 0.6) is 0 Å². The number of piperidine rings is 1. The molecule has 1 fully saturated rings. The zero-order valence-electron chi connectivity index (χ0n) is 9.73. The predicted molar refractivity (Wildman–Crippen MR) is 63.1 cm³/mol. The monoisotopic (exact) mass is 237 g/mol. The lowest BCUT2D eigenvalue weighted by atomic mass is 10.2. The molecule has 0 aromatic carbocycles. The third kappa shape index (κ3) is 2.15. The number of carbonyl (C=O) groups excluding carboxylic acids is 1. The van der Waals surface area contributed by atoms with Crippen LogP contribution in [-0.2, 0) is 0 Å². The minimum absolute atomic E-state index is 0.0233. The number of nitrogens with zero attached hydrogens (tertiary/aromatic N) is 2. The molecule has 0 unspecified atom stereocenters. The molecule has 1 saturated heterocycles. The number of H-pyrrole nitrogens is 1. The first-order chi connectivity index (χ1) is 8.11. The van der Waals surface area contributed by atoms with Gasteiger partial charge in [0.25, 0.3) is 5.56 Å². The maximum absolute atomic E-state index is 12.0. The van der Waals surface area contributed by atoms with E-state index in [0.717, 1.165) is 23.9 Å². The van der Waals surface area contributed by atoms with Crippen molar-refractivity contribution in [3.05, 3.63) is 32.6 Å². The maximum atomic E-state index is 12.0. The second kappa shape index (κ2) is 4.57. The number of ketones is 1. The Labute approximate surface area is 97.8 Å². The van der Waals surface area contributed by atoms with Crippen LogP contribution in [0.15, 0.2) is 15.8 Å². The van der Waals surface area contributed by atoms with E-state index in [0.29, 0.717) is 13.1 Å². The Morgan fingerprint density at radius 2 is 1.88 bits per heavy atom. The van der Waals surface area contributed by atoms with E-state index in [1.165, 1.54) is 13.1 Å². The normalized spacial score (nSPS) is 15.9. The van der Waals surface area contributed by atoms with Crippen molar-refractivity contribution in [2.75, 3.05) is 18.1 Å². The van der Waals surface area contributed by atoms with Crippen LogP contribution in [-0.4, -0.2) is 28.5 Å². The van der Waals surface area contributed by atoms with Crippen LogP contribution in [0.4, 0.5) is 0 Å². The van der Waals surface area contributed by atoms with Crippen LogP contribution < -0.4 is 16.3 Å². The Bertz CT molecular complexity index is 538. The van der Waals surface area contributed by atoms with Crippen LogP contribution >= 0.6 is 0 Å². The van der Waals surface area contributed by atoms with Gasteiger partial charge in [0.1, 0.15) is 5.56 Å². The molecular formula is C11H15N3O3. The lowest BCUT2D eigenvalue weighted by Crippen LogP contribution is -2.53. The number of carbonyl (C=O) groups is 1. The van der Waals surface area contributed by atoms with Crippen LogP contribution in [0.3, 0.4) is 0 Å². The van der Waals surface area contributed by atoms with Gasteiger partial charge in [-0.25, -0.2) is 4.79 Å². The minimum atomic E-state index is -0.525. The van der Waals surface area contributed by atoms with Crippen molar-refractivity contribution < 1.29 is 4.79 Å². The SMILES string of the molecule is CC(=O)c1c[nH]c(=O)n(N2CCCCC2)c1=O. The molecule has 2 rings (SSSR count). The summed E-state index contributed by atoms with van der Waals surface area (Å²) in [7, 11) is 0. The van der Waals surface area contributed by atoms with E-state index < -0.39 is 11.2 Å². The molecule has 0 radical (unpaired) electrons. The molecule has 92 valence electrons. The summed E-state index contributed by atoms with van der Waals surface area (Å²) < 4.78 is 1.05. The molecule has 1 aromatic heterocycles. The van der Waals surface area contributed by atoms with E-state index in [1.807, 2.05) is 0 Å². The number of nitrogens with one attached hydrogen (secondary N) is 1. The molecular weight excluding hydrogens is 222 g/mol. The van der Waals surface area contributed by atoms with Gasteiger partial charge in [0, 0.05) is 19.3 Å². The predicted octanol–water partition coefficient (Wildman–Crippen LogP) is -0.139. The highest BCUT2D eigenvalue weighted by atomic mass is 16.2. The van der Waals surface area contributed by atoms with Gasteiger partial charge >= 0.3 is 5.69 Å². The van der Waals surface area contributed by atoms with Crippen molar-refractivity contribution in [1.29, 1.82) is 0 Å². The summed E-state index contributed by atoms with van der Waals surface area (Å²) in [5.41, 5.74) is -0.986. The first kappa shape index (κ1) is 11.6. The summed E-state index contributed by atoms with van der Waals surface area (Å²) in [6.07, 6.45) is 4.20. The fraction of sp³-hybridized carbons (Fsp3) is 0.545. The van der Waals surface area contributed by atoms with E-state index in [-0.39, 0.29) is 11.3 Å². The third-order valence-electron chi connectivity index (χ3n) is 2.95. The van der Waals surface area contributed by atoms with Gasteiger partial charge in [-0.3, -0.25) is 9.59 Å². The van der Waals surface area contributed by atoms with Crippen molar-refractivity contribution >= 4 is 5.78 Å².